The third kappa shape index (κ3) is 5.94. The first-order valence-electron chi connectivity index (χ1n) is 8.84. The fourth-order valence-corrected chi connectivity index (χ4v) is 2.49. The number of aromatic nitrogens is 1. The average molecular weight is 419 g/mol. The van der Waals surface area contributed by atoms with Gasteiger partial charge in [-0.15, -0.1) is 0 Å². The molecule has 0 saturated carbocycles. The van der Waals surface area contributed by atoms with E-state index in [1.165, 1.54) is 0 Å². The van der Waals surface area contributed by atoms with Gasteiger partial charge in [0.2, 0.25) is 0 Å². The molecule has 2 amide bonds. The Morgan fingerprint density at radius 3 is 2.47 bits per heavy atom. The van der Waals surface area contributed by atoms with Crippen molar-refractivity contribution in [2.75, 3.05) is 5.32 Å². The fourth-order valence-electron chi connectivity index (χ4n) is 2.49. The van der Waals surface area contributed by atoms with E-state index < -0.39 is 29.3 Å². The van der Waals surface area contributed by atoms with E-state index >= 15 is 0 Å². The summed E-state index contributed by atoms with van der Waals surface area (Å²) in [6.45, 7) is 0.399. The molecule has 3 rings (SSSR count). The van der Waals surface area contributed by atoms with E-state index in [1.807, 2.05) is 18.2 Å². The molecular weight excluding hydrogens is 402 g/mol. The highest BCUT2D eigenvalue weighted by molar-refractivity contribution is 5.89. The molecule has 30 heavy (non-hydrogen) atoms. The normalized spacial score (nSPS) is 11.1. The number of halogens is 4. The van der Waals surface area contributed by atoms with Crippen LogP contribution in [0, 0.1) is 5.82 Å². The van der Waals surface area contributed by atoms with Crippen LogP contribution in [0.1, 0.15) is 16.8 Å². The fraction of sp³-hybridized carbons (Fsp3) is 0.143. The van der Waals surface area contributed by atoms with Gasteiger partial charge in [-0.2, -0.15) is 13.2 Å². The number of rotatable bonds is 6. The zero-order valence-corrected chi connectivity index (χ0v) is 15.5. The Hall–Kier alpha value is -3.62. The van der Waals surface area contributed by atoms with E-state index in [4.69, 9.17) is 4.74 Å². The third-order valence-electron chi connectivity index (χ3n) is 4.03. The van der Waals surface area contributed by atoms with Crippen LogP contribution in [0.15, 0.2) is 66.9 Å². The van der Waals surface area contributed by atoms with Crippen LogP contribution in [0.5, 0.6) is 5.75 Å². The number of ether oxygens (including phenoxy) is 1. The van der Waals surface area contributed by atoms with Crippen molar-refractivity contribution < 1.29 is 27.1 Å². The van der Waals surface area contributed by atoms with Crippen LogP contribution in [0.25, 0.3) is 0 Å². The second-order valence-electron chi connectivity index (χ2n) is 6.25. The molecule has 0 aliphatic carbocycles. The van der Waals surface area contributed by atoms with Crippen molar-refractivity contribution in [3.63, 3.8) is 0 Å². The van der Waals surface area contributed by atoms with Gasteiger partial charge in [-0.3, -0.25) is 4.98 Å². The predicted molar refractivity (Wildman–Crippen MR) is 102 cm³/mol. The highest BCUT2D eigenvalue weighted by atomic mass is 19.4. The number of hydrogen-bond acceptors (Lipinski definition) is 3. The summed E-state index contributed by atoms with van der Waals surface area (Å²) in [5.41, 5.74) is -0.109. The second kappa shape index (κ2) is 9.25. The zero-order valence-electron chi connectivity index (χ0n) is 15.5. The van der Waals surface area contributed by atoms with Crippen LogP contribution in [0.4, 0.5) is 28.0 Å². The molecule has 0 radical (unpaired) electrons. The number of nitrogens with one attached hydrogen (secondary N) is 2. The minimum absolute atomic E-state index is 0.0902. The van der Waals surface area contributed by atoms with Crippen LogP contribution in [0.2, 0.25) is 0 Å². The maximum atomic E-state index is 13.7. The summed E-state index contributed by atoms with van der Waals surface area (Å²) in [5.74, 6) is -0.354. The third-order valence-corrected chi connectivity index (χ3v) is 4.03. The molecule has 0 aliphatic heterocycles. The molecule has 0 atom stereocenters. The molecule has 9 heteroatoms. The number of amides is 2. The number of pyridine rings is 1. The molecule has 3 aromatic rings. The van der Waals surface area contributed by atoms with E-state index in [0.29, 0.717) is 30.6 Å². The highest BCUT2D eigenvalue weighted by Crippen LogP contribution is 2.31. The number of carbonyl (C=O) groups is 1. The van der Waals surface area contributed by atoms with Gasteiger partial charge in [0.05, 0.1) is 16.9 Å². The lowest BCUT2D eigenvalue weighted by molar-refractivity contribution is -0.137. The van der Waals surface area contributed by atoms with Crippen molar-refractivity contribution >= 4 is 11.7 Å². The molecule has 0 saturated heterocycles. The first kappa shape index (κ1) is 21.1. The number of anilines is 1. The van der Waals surface area contributed by atoms with Crippen molar-refractivity contribution in [2.45, 2.75) is 19.3 Å². The van der Waals surface area contributed by atoms with Gasteiger partial charge in [-0.25, -0.2) is 9.18 Å². The summed E-state index contributed by atoms with van der Waals surface area (Å²) in [5, 5.41) is 4.55. The van der Waals surface area contributed by atoms with Crippen molar-refractivity contribution in [3.05, 3.63) is 89.5 Å². The lowest BCUT2D eigenvalue weighted by Gasteiger charge is -2.12. The zero-order chi connectivity index (χ0) is 21.6. The molecule has 1 heterocycles. The number of nitrogens with zero attached hydrogens (tertiary/aromatic N) is 1. The summed E-state index contributed by atoms with van der Waals surface area (Å²) in [6.07, 6.45) is -2.97. The van der Waals surface area contributed by atoms with Crippen molar-refractivity contribution in [1.29, 1.82) is 0 Å². The molecule has 0 unspecified atom stereocenters. The van der Waals surface area contributed by atoms with E-state index in [2.05, 4.69) is 15.6 Å². The Balaban J connectivity index is 1.51. The molecule has 0 fully saturated rings. The topological polar surface area (TPSA) is 63.2 Å². The Morgan fingerprint density at radius 1 is 1.03 bits per heavy atom. The van der Waals surface area contributed by atoms with Crippen molar-refractivity contribution in [3.8, 4) is 5.75 Å². The predicted octanol–water partition coefficient (Wildman–Crippen LogP) is 5.14. The van der Waals surface area contributed by atoms with E-state index in [0.717, 1.165) is 11.3 Å². The van der Waals surface area contributed by atoms with Crippen LogP contribution in [-0.4, -0.2) is 11.0 Å². The van der Waals surface area contributed by atoms with Gasteiger partial charge < -0.3 is 15.4 Å². The van der Waals surface area contributed by atoms with Gasteiger partial charge >= 0.3 is 12.2 Å². The lowest BCUT2D eigenvalue weighted by atomic mass is 10.2. The van der Waals surface area contributed by atoms with Gasteiger partial charge in [0.15, 0.2) is 0 Å². The first-order chi connectivity index (χ1) is 14.3. The number of alkyl halides is 3. The molecular formula is C21H17F4N3O2. The summed E-state index contributed by atoms with van der Waals surface area (Å²) < 4.78 is 57.5. The Kier molecular flexibility index (Phi) is 6.51. The standard InChI is InChI=1S/C21H17F4N3O2/c22-18-9-6-15(21(23,24)25)11-19(18)28-20(29)27-12-14-4-7-17(8-5-14)30-13-16-3-1-2-10-26-16/h1-11H,12-13H2,(H2,27,28,29). The van der Waals surface area contributed by atoms with Gasteiger partial charge in [0, 0.05) is 12.7 Å². The largest absolute Gasteiger partial charge is 0.487 e. The monoisotopic (exact) mass is 419 g/mol. The molecule has 2 N–H and O–H groups in total. The highest BCUT2D eigenvalue weighted by Gasteiger charge is 2.31. The second-order valence-corrected chi connectivity index (χ2v) is 6.25. The summed E-state index contributed by atoms with van der Waals surface area (Å²) >= 11 is 0. The summed E-state index contributed by atoms with van der Waals surface area (Å²) in [7, 11) is 0. The summed E-state index contributed by atoms with van der Waals surface area (Å²) in [6, 6.07) is 13.3. The number of carbonyl (C=O) groups excluding carboxylic acids is 1. The Bertz CT molecular complexity index is 993. The van der Waals surface area contributed by atoms with E-state index in [-0.39, 0.29) is 6.54 Å². The van der Waals surface area contributed by atoms with Crippen LogP contribution >= 0.6 is 0 Å². The first-order valence-corrected chi connectivity index (χ1v) is 8.84. The average Bonchev–Trinajstić information content (AvgIpc) is 2.73. The molecule has 0 bridgehead atoms. The Morgan fingerprint density at radius 2 is 1.80 bits per heavy atom. The van der Waals surface area contributed by atoms with E-state index in [9.17, 15) is 22.4 Å². The number of urea groups is 1. The van der Waals surface area contributed by atoms with Gasteiger partial charge in [0.25, 0.3) is 0 Å². The molecule has 156 valence electrons. The minimum atomic E-state index is -4.64. The molecule has 0 spiro atoms. The molecule has 0 aliphatic rings. The Labute approximate surface area is 169 Å². The van der Waals surface area contributed by atoms with Gasteiger partial charge in [0.1, 0.15) is 18.2 Å². The van der Waals surface area contributed by atoms with Crippen LogP contribution in [0.3, 0.4) is 0 Å². The molecule has 5 nitrogen and oxygen atoms in total. The maximum Gasteiger partial charge on any atom is 0.416 e. The van der Waals surface area contributed by atoms with Gasteiger partial charge in [-0.05, 0) is 48.0 Å². The smallest absolute Gasteiger partial charge is 0.416 e. The lowest BCUT2D eigenvalue weighted by Crippen LogP contribution is -2.28. The van der Waals surface area contributed by atoms with Crippen molar-refractivity contribution in [1.82, 2.24) is 10.3 Å². The van der Waals surface area contributed by atoms with Crippen molar-refractivity contribution in [2.24, 2.45) is 0 Å². The maximum absolute atomic E-state index is 13.7. The summed E-state index contributed by atoms with van der Waals surface area (Å²) in [4.78, 5) is 16.1. The number of hydrogen-bond donors (Lipinski definition) is 2. The SMILES string of the molecule is O=C(NCc1ccc(OCc2ccccn2)cc1)Nc1cc(C(F)(F)F)ccc1F. The van der Waals surface area contributed by atoms with Crippen LogP contribution < -0.4 is 15.4 Å². The van der Waals surface area contributed by atoms with Gasteiger partial charge in [-0.1, -0.05) is 18.2 Å². The quantitative estimate of drug-likeness (QED) is 0.544. The van der Waals surface area contributed by atoms with Crippen LogP contribution in [-0.2, 0) is 19.3 Å². The molecule has 2 aromatic carbocycles. The molecule has 1 aromatic heterocycles. The number of benzene rings is 2. The minimum Gasteiger partial charge on any atom is -0.487 e. The van der Waals surface area contributed by atoms with E-state index in [1.54, 1.807) is 30.5 Å².